The van der Waals surface area contributed by atoms with Crippen LogP contribution >= 0.6 is 0 Å². The molecule has 0 fully saturated rings. The molecule has 15 nitrogen and oxygen atoms in total. The van der Waals surface area contributed by atoms with E-state index in [4.69, 9.17) is 5.73 Å². The van der Waals surface area contributed by atoms with E-state index in [1.165, 1.54) is 30.3 Å². The number of hydrogen-bond donors (Lipinski definition) is 6. The number of rotatable bonds is 8. The van der Waals surface area contributed by atoms with Gasteiger partial charge in [-0.05, 0) is 73.5 Å². The highest BCUT2D eigenvalue weighted by Crippen LogP contribution is 2.37. The predicted octanol–water partition coefficient (Wildman–Crippen LogP) is 2.83. The van der Waals surface area contributed by atoms with Crippen molar-refractivity contribution in [1.82, 2.24) is 0 Å². The highest BCUT2D eigenvalue weighted by molar-refractivity contribution is 7.92. The summed E-state index contributed by atoms with van der Waals surface area (Å²) >= 11 is 0. The Kier molecular flexibility index (Phi) is 8.28. The van der Waals surface area contributed by atoms with Gasteiger partial charge in [-0.25, -0.2) is 8.42 Å². The highest BCUT2D eigenvalue weighted by Gasteiger charge is 2.27. The van der Waals surface area contributed by atoms with Crippen molar-refractivity contribution in [1.29, 1.82) is 0 Å². The first-order valence-electron chi connectivity index (χ1n) is 11.9. The smallest absolute Gasteiger partial charge is 0.295 e. The quantitative estimate of drug-likeness (QED) is 0.115. The Morgan fingerprint density at radius 1 is 0.659 bits per heavy atom. The molecule has 0 atom stereocenters. The van der Waals surface area contributed by atoms with Gasteiger partial charge in [0.05, 0.1) is 21.2 Å². The van der Waals surface area contributed by atoms with Crippen LogP contribution in [0.1, 0.15) is 21.5 Å². The van der Waals surface area contributed by atoms with Gasteiger partial charge in [0.15, 0.2) is 0 Å². The average Bonchev–Trinajstić information content (AvgIpc) is 2.88. The lowest BCUT2D eigenvalue weighted by Crippen LogP contribution is -2.17. The molecular weight excluding hydrogens is 663 g/mol. The van der Waals surface area contributed by atoms with E-state index in [1.807, 2.05) is 0 Å². The Hall–Kier alpha value is -4.11. The molecule has 0 unspecified atom stereocenters. The van der Waals surface area contributed by atoms with Crippen LogP contribution in [0.4, 0.5) is 17.1 Å². The first-order valence-corrected chi connectivity index (χ1v) is 17.7. The summed E-state index contributed by atoms with van der Waals surface area (Å²) in [5, 5.41) is 0.791. The number of benzene rings is 4. The highest BCUT2D eigenvalue weighted by atomic mass is 32.2. The van der Waals surface area contributed by atoms with Crippen molar-refractivity contribution in [2.45, 2.75) is 33.4 Å². The minimum atomic E-state index is -5.35. The number of nitrogens with one attached hydrogen (secondary N) is 2. The third-order valence-corrected chi connectivity index (χ3v) is 10.4. The number of anilines is 3. The van der Waals surface area contributed by atoms with Crippen molar-refractivity contribution in [3.8, 4) is 0 Å². The first kappa shape index (κ1) is 32.8. The molecule has 0 aromatic heterocycles. The lowest BCUT2D eigenvalue weighted by atomic mass is 10.1. The van der Waals surface area contributed by atoms with Crippen molar-refractivity contribution in [3.63, 3.8) is 0 Å². The number of nitrogen functional groups attached to an aromatic ring is 1. The minimum absolute atomic E-state index is 0.0141. The van der Waals surface area contributed by atoms with Crippen LogP contribution in [0.15, 0.2) is 80.2 Å². The van der Waals surface area contributed by atoms with Crippen LogP contribution in [0.2, 0.25) is 0 Å². The largest absolute Gasteiger partial charge is 0.398 e. The average molecular weight is 686 g/mol. The van der Waals surface area contributed by atoms with Gasteiger partial charge in [-0.1, -0.05) is 12.1 Å². The molecule has 0 saturated carbocycles. The van der Waals surface area contributed by atoms with Gasteiger partial charge in [-0.3, -0.25) is 23.2 Å². The lowest BCUT2D eigenvalue weighted by molar-refractivity contribution is 0.102. The Morgan fingerprint density at radius 2 is 1.27 bits per heavy atom. The van der Waals surface area contributed by atoms with Gasteiger partial charge in [0.2, 0.25) is 0 Å². The fourth-order valence-corrected chi connectivity index (χ4v) is 7.33. The number of amides is 1. The molecule has 1 amide bonds. The SMILES string of the molecule is Cc1ccc(S(=O)(=O)Nc2cc(C(=O)Nc3ccc(S(=O)(=O)O)c4cc(S(=O)(=O)O)cc(S(=O)(=O)O)c34)ccc2C)cc1N. The maximum atomic E-state index is 13.3. The molecule has 0 spiro atoms. The molecule has 0 aliphatic heterocycles. The monoisotopic (exact) mass is 685 g/mol. The zero-order valence-corrected chi connectivity index (χ0v) is 25.8. The molecule has 7 N–H and O–H groups in total. The van der Waals surface area contributed by atoms with Crippen LogP contribution in [-0.2, 0) is 40.4 Å². The lowest BCUT2D eigenvalue weighted by Gasteiger charge is -2.16. The number of nitrogens with two attached hydrogens (primary N) is 1. The molecular formula is C25H23N3O12S4. The molecule has 0 radical (unpaired) electrons. The van der Waals surface area contributed by atoms with Crippen molar-refractivity contribution >= 4 is 74.1 Å². The summed E-state index contributed by atoms with van der Waals surface area (Å²) in [6.07, 6.45) is 0. The van der Waals surface area contributed by atoms with Gasteiger partial charge < -0.3 is 11.1 Å². The molecule has 4 aromatic rings. The molecule has 234 valence electrons. The van der Waals surface area contributed by atoms with Crippen molar-refractivity contribution in [2.24, 2.45) is 0 Å². The first-order chi connectivity index (χ1) is 20.1. The third kappa shape index (κ3) is 6.68. The van der Waals surface area contributed by atoms with Gasteiger partial charge in [0.1, 0.15) is 9.79 Å². The Labute approximate surface area is 252 Å². The van der Waals surface area contributed by atoms with Crippen LogP contribution in [0.25, 0.3) is 10.8 Å². The maximum absolute atomic E-state index is 13.3. The Balaban J connectivity index is 1.84. The normalized spacial score (nSPS) is 12.7. The standard InChI is InChI=1S/C25H23N3O12S4/c1-13-4-6-16(11-19(13)26)41(30,31)28-21-9-15(5-3-14(21)2)25(29)27-20-7-8-22(43(35,36)37)18-10-17(42(32,33)34)12-23(24(18)20)44(38,39)40/h3-12,28H,26H2,1-2H3,(H,27,29)(H,32,33,34)(H,35,36,37)(H,38,39,40). The van der Waals surface area contributed by atoms with E-state index < -0.39 is 77.4 Å². The number of hydrogen-bond acceptors (Lipinski definition) is 10. The Morgan fingerprint density at radius 3 is 1.84 bits per heavy atom. The van der Waals surface area contributed by atoms with Gasteiger partial charge in [-0.2, -0.15) is 25.3 Å². The van der Waals surface area contributed by atoms with Crippen molar-refractivity contribution in [3.05, 3.63) is 77.4 Å². The van der Waals surface area contributed by atoms with Crippen molar-refractivity contribution in [2.75, 3.05) is 15.8 Å². The summed E-state index contributed by atoms with van der Waals surface area (Å²) in [6, 6.07) is 10.4. The number of carbonyl (C=O) groups excluding carboxylic acids is 1. The second-order valence-corrected chi connectivity index (χ2v) is 15.4. The van der Waals surface area contributed by atoms with Crippen LogP contribution in [-0.4, -0.2) is 53.2 Å². The van der Waals surface area contributed by atoms with Gasteiger partial charge in [0, 0.05) is 22.0 Å². The molecule has 0 aliphatic rings. The van der Waals surface area contributed by atoms with Gasteiger partial charge in [-0.15, -0.1) is 0 Å². The van der Waals surface area contributed by atoms with Crippen LogP contribution in [0.3, 0.4) is 0 Å². The molecule has 0 heterocycles. The van der Waals surface area contributed by atoms with E-state index >= 15 is 0 Å². The number of fused-ring (bicyclic) bond motifs is 1. The molecule has 0 saturated heterocycles. The summed E-state index contributed by atoms with van der Waals surface area (Å²) in [5.74, 6) is -0.980. The van der Waals surface area contributed by atoms with E-state index in [0.717, 1.165) is 18.2 Å². The zero-order valence-electron chi connectivity index (χ0n) is 22.5. The van der Waals surface area contributed by atoms with Crippen molar-refractivity contribution < 1.29 is 52.1 Å². The van der Waals surface area contributed by atoms with E-state index in [1.54, 1.807) is 13.8 Å². The fraction of sp³-hybridized carbons (Fsp3) is 0.0800. The van der Waals surface area contributed by atoms with Gasteiger partial charge in [0.25, 0.3) is 46.3 Å². The summed E-state index contributed by atoms with van der Waals surface area (Å²) in [4.78, 5) is 9.76. The van der Waals surface area contributed by atoms with Crippen LogP contribution < -0.4 is 15.8 Å². The molecule has 0 aliphatic carbocycles. The van der Waals surface area contributed by atoms with Crippen LogP contribution in [0.5, 0.6) is 0 Å². The zero-order chi connectivity index (χ0) is 33.0. The minimum Gasteiger partial charge on any atom is -0.398 e. The van der Waals surface area contributed by atoms with E-state index in [-0.39, 0.29) is 21.8 Å². The third-order valence-electron chi connectivity index (χ3n) is 6.42. The molecule has 0 bridgehead atoms. The second kappa shape index (κ2) is 11.1. The summed E-state index contributed by atoms with van der Waals surface area (Å²) < 4.78 is 129. The second-order valence-electron chi connectivity index (χ2n) is 9.49. The van der Waals surface area contributed by atoms with E-state index in [0.29, 0.717) is 23.3 Å². The maximum Gasteiger partial charge on any atom is 0.295 e. The Bertz CT molecular complexity index is 2320. The molecule has 4 rings (SSSR count). The number of aryl methyl sites for hydroxylation is 2. The predicted molar refractivity (Wildman–Crippen MR) is 159 cm³/mol. The summed E-state index contributed by atoms with van der Waals surface area (Å²) in [7, 11) is -19.8. The van der Waals surface area contributed by atoms with Crippen LogP contribution in [0, 0.1) is 13.8 Å². The summed E-state index contributed by atoms with van der Waals surface area (Å²) in [5.41, 5.74) is 6.46. The number of carbonyl (C=O) groups is 1. The summed E-state index contributed by atoms with van der Waals surface area (Å²) in [6.45, 7) is 3.24. The van der Waals surface area contributed by atoms with E-state index in [2.05, 4.69) is 10.0 Å². The van der Waals surface area contributed by atoms with E-state index in [9.17, 15) is 52.1 Å². The topological polar surface area (TPSA) is 264 Å². The molecule has 44 heavy (non-hydrogen) atoms. The molecule has 4 aromatic carbocycles. The van der Waals surface area contributed by atoms with Gasteiger partial charge >= 0.3 is 0 Å². The number of sulfonamides is 1. The fourth-order valence-electron chi connectivity index (χ4n) is 4.13. The molecule has 19 heteroatoms.